The van der Waals surface area contributed by atoms with Gasteiger partial charge in [0, 0.05) is 29.8 Å². The number of benzene rings is 3. The van der Waals surface area contributed by atoms with Crippen molar-refractivity contribution in [1.82, 2.24) is 10.1 Å². The van der Waals surface area contributed by atoms with E-state index in [1.807, 2.05) is 18.2 Å². The minimum absolute atomic E-state index is 0.203. The highest BCUT2D eigenvalue weighted by Gasteiger charge is 2.47. The molecule has 3 aromatic carbocycles. The van der Waals surface area contributed by atoms with Crippen molar-refractivity contribution in [3.05, 3.63) is 106 Å². The Kier molecular flexibility index (Phi) is 6.33. The van der Waals surface area contributed by atoms with Crippen molar-refractivity contribution in [2.75, 3.05) is 24.5 Å². The van der Waals surface area contributed by atoms with Gasteiger partial charge < -0.3 is 9.42 Å². The van der Waals surface area contributed by atoms with E-state index in [-0.39, 0.29) is 17.1 Å². The van der Waals surface area contributed by atoms with Crippen molar-refractivity contribution in [3.63, 3.8) is 0 Å². The number of likely N-dealkylation sites (tertiary alicyclic amines) is 1. The van der Waals surface area contributed by atoms with Crippen LogP contribution in [0.15, 0.2) is 71.3 Å². The van der Waals surface area contributed by atoms with Gasteiger partial charge >= 0.3 is 0 Å². The largest absolute Gasteiger partial charge is 0.360 e. The maximum Gasteiger partial charge on any atom is 0.264 e. The third-order valence-corrected chi connectivity index (χ3v) is 8.36. The monoisotopic (exact) mass is 529 g/mol. The molecule has 2 aliphatic rings. The fourth-order valence-corrected chi connectivity index (χ4v) is 6.28. The van der Waals surface area contributed by atoms with Gasteiger partial charge in [0.1, 0.15) is 22.8 Å². The normalized spacial score (nSPS) is 16.7. The first kappa shape index (κ1) is 24.8. The summed E-state index contributed by atoms with van der Waals surface area (Å²) in [5, 5.41) is 4.69. The van der Waals surface area contributed by atoms with Gasteiger partial charge in [0.15, 0.2) is 0 Å². The van der Waals surface area contributed by atoms with Crippen LogP contribution in [0.1, 0.15) is 45.7 Å². The highest BCUT2D eigenvalue weighted by molar-refractivity contribution is 6.33. The number of rotatable bonds is 4. The fraction of sp³-hybridized carbons (Fsp3) is 0.290. The second-order valence-corrected chi connectivity index (χ2v) is 10.9. The smallest absolute Gasteiger partial charge is 0.264 e. The topological polar surface area (TPSA) is 49.6 Å². The summed E-state index contributed by atoms with van der Waals surface area (Å²) in [5.74, 6) is -0.0503. The van der Waals surface area contributed by atoms with E-state index in [1.165, 1.54) is 17.2 Å². The third kappa shape index (κ3) is 4.32. The number of halogens is 2. The standard InChI is InChI=1S/C31H29ClFN3O2/c1-20-6-5-7-22(16-20)18-35-14-12-31(13-15-35)19-36(27-11-10-23(33)17-25(27)31)30(37)28-21(2)38-34-29(28)24-8-3-4-9-26(24)32/h3-11,16-17H,12-15,18-19H2,1-2H3. The van der Waals surface area contributed by atoms with Gasteiger partial charge in [0.25, 0.3) is 5.91 Å². The summed E-state index contributed by atoms with van der Waals surface area (Å²) < 4.78 is 20.0. The van der Waals surface area contributed by atoms with Crippen molar-refractivity contribution in [2.45, 2.75) is 38.6 Å². The number of aromatic nitrogens is 1. The molecule has 5 nitrogen and oxygen atoms in total. The van der Waals surface area contributed by atoms with Crippen LogP contribution in [0, 0.1) is 19.7 Å². The quantitative estimate of drug-likeness (QED) is 0.287. The number of hydrogen-bond acceptors (Lipinski definition) is 4. The van der Waals surface area contributed by atoms with Crippen LogP contribution in [-0.2, 0) is 12.0 Å². The first-order valence-electron chi connectivity index (χ1n) is 13.0. The summed E-state index contributed by atoms with van der Waals surface area (Å²) in [7, 11) is 0. The van der Waals surface area contributed by atoms with Gasteiger partial charge in [0.2, 0.25) is 0 Å². The third-order valence-electron chi connectivity index (χ3n) is 8.03. The van der Waals surface area contributed by atoms with Crippen molar-refractivity contribution in [2.24, 2.45) is 0 Å². The van der Waals surface area contributed by atoms with Crippen LogP contribution in [0.5, 0.6) is 0 Å². The van der Waals surface area contributed by atoms with Gasteiger partial charge in [0.05, 0.1) is 5.02 Å². The summed E-state index contributed by atoms with van der Waals surface area (Å²) in [6.07, 6.45) is 1.69. The molecular formula is C31H29ClFN3O2. The minimum atomic E-state index is -0.300. The maximum absolute atomic E-state index is 14.5. The van der Waals surface area contributed by atoms with E-state index in [2.05, 4.69) is 41.2 Å². The number of aryl methyl sites for hydroxylation is 2. The van der Waals surface area contributed by atoms with Crippen molar-refractivity contribution >= 4 is 23.2 Å². The lowest BCUT2D eigenvalue weighted by atomic mass is 9.74. The predicted octanol–water partition coefficient (Wildman–Crippen LogP) is 6.95. The van der Waals surface area contributed by atoms with E-state index in [4.69, 9.17) is 16.1 Å². The van der Waals surface area contributed by atoms with Crippen molar-refractivity contribution < 1.29 is 13.7 Å². The van der Waals surface area contributed by atoms with Crippen LogP contribution in [0.3, 0.4) is 0 Å². The van der Waals surface area contributed by atoms with E-state index in [0.29, 0.717) is 34.1 Å². The summed E-state index contributed by atoms with van der Waals surface area (Å²) in [4.78, 5) is 18.4. The molecule has 38 heavy (non-hydrogen) atoms. The van der Waals surface area contributed by atoms with Gasteiger partial charge in [-0.25, -0.2) is 4.39 Å². The molecule has 0 saturated carbocycles. The molecule has 194 valence electrons. The molecule has 2 aliphatic heterocycles. The number of hydrogen-bond donors (Lipinski definition) is 0. The molecule has 4 aromatic rings. The van der Waals surface area contributed by atoms with Gasteiger partial charge in [-0.2, -0.15) is 0 Å². The van der Waals surface area contributed by atoms with E-state index >= 15 is 0 Å². The zero-order valence-electron chi connectivity index (χ0n) is 21.5. The number of piperidine rings is 1. The van der Waals surface area contributed by atoms with Crippen LogP contribution >= 0.6 is 11.6 Å². The highest BCUT2D eigenvalue weighted by atomic mass is 35.5. The molecular weight excluding hydrogens is 501 g/mol. The van der Waals surface area contributed by atoms with Crippen LogP contribution in [0.4, 0.5) is 10.1 Å². The Bertz CT molecular complexity index is 1520. The van der Waals surface area contributed by atoms with Crippen LogP contribution in [-0.4, -0.2) is 35.6 Å². The molecule has 1 spiro atoms. The predicted molar refractivity (Wildman–Crippen MR) is 147 cm³/mol. The van der Waals surface area contributed by atoms with Gasteiger partial charge in [-0.1, -0.05) is 64.8 Å². The molecule has 1 aromatic heterocycles. The lowest BCUT2D eigenvalue weighted by Crippen LogP contribution is -2.45. The zero-order valence-corrected chi connectivity index (χ0v) is 22.3. The summed E-state index contributed by atoms with van der Waals surface area (Å²) in [6, 6.07) is 20.7. The number of amides is 1. The molecule has 6 rings (SSSR count). The molecule has 0 aliphatic carbocycles. The molecule has 0 atom stereocenters. The average molecular weight is 530 g/mol. The van der Waals surface area contributed by atoms with Gasteiger partial charge in [-0.3, -0.25) is 9.69 Å². The Morgan fingerprint density at radius 3 is 2.61 bits per heavy atom. The Hall–Kier alpha value is -3.48. The average Bonchev–Trinajstić information content (AvgIpc) is 3.43. The number of carbonyl (C=O) groups is 1. The van der Waals surface area contributed by atoms with Crippen molar-refractivity contribution in [3.8, 4) is 11.3 Å². The second-order valence-electron chi connectivity index (χ2n) is 10.5. The Morgan fingerprint density at radius 2 is 1.84 bits per heavy atom. The van der Waals surface area contributed by atoms with Gasteiger partial charge in [-0.15, -0.1) is 0 Å². The van der Waals surface area contributed by atoms with Crippen molar-refractivity contribution in [1.29, 1.82) is 0 Å². The lowest BCUT2D eigenvalue weighted by Gasteiger charge is -2.40. The molecule has 1 fully saturated rings. The Balaban J connectivity index is 1.30. The molecule has 0 bridgehead atoms. The number of anilines is 1. The SMILES string of the molecule is Cc1cccc(CN2CCC3(CC2)CN(C(=O)c2c(-c4ccccc4Cl)noc2C)c2ccc(F)cc23)c1. The highest BCUT2D eigenvalue weighted by Crippen LogP contribution is 2.48. The van der Waals surface area contributed by atoms with Crippen LogP contribution in [0.25, 0.3) is 11.3 Å². The fourth-order valence-electron chi connectivity index (χ4n) is 6.05. The first-order valence-corrected chi connectivity index (χ1v) is 13.3. The lowest BCUT2D eigenvalue weighted by molar-refractivity contribution is 0.0974. The molecule has 3 heterocycles. The summed E-state index contributed by atoms with van der Waals surface area (Å²) in [5.41, 5.74) is 5.39. The molecule has 0 radical (unpaired) electrons. The minimum Gasteiger partial charge on any atom is -0.360 e. The molecule has 7 heteroatoms. The Labute approximate surface area is 226 Å². The van der Waals surface area contributed by atoms with E-state index in [0.717, 1.165) is 43.7 Å². The Morgan fingerprint density at radius 1 is 1.05 bits per heavy atom. The van der Waals surface area contributed by atoms with E-state index in [9.17, 15) is 9.18 Å². The summed E-state index contributed by atoms with van der Waals surface area (Å²) in [6.45, 7) is 6.99. The number of nitrogens with zero attached hydrogens (tertiary/aromatic N) is 3. The first-order chi connectivity index (χ1) is 18.3. The zero-order chi connectivity index (χ0) is 26.4. The maximum atomic E-state index is 14.5. The van der Waals surface area contributed by atoms with E-state index < -0.39 is 0 Å². The molecule has 1 saturated heterocycles. The second kappa shape index (κ2) is 9.68. The summed E-state index contributed by atoms with van der Waals surface area (Å²) >= 11 is 6.45. The number of fused-ring (bicyclic) bond motifs is 2. The van der Waals surface area contributed by atoms with Crippen LogP contribution < -0.4 is 4.90 Å². The van der Waals surface area contributed by atoms with Gasteiger partial charge in [-0.05, 0) is 75.2 Å². The molecule has 0 N–H and O–H groups in total. The van der Waals surface area contributed by atoms with E-state index in [1.54, 1.807) is 30.0 Å². The molecule has 1 amide bonds. The van der Waals surface area contributed by atoms with Crippen LogP contribution in [0.2, 0.25) is 5.02 Å². The number of carbonyl (C=O) groups excluding carboxylic acids is 1. The molecule has 0 unspecified atom stereocenters.